The van der Waals surface area contributed by atoms with E-state index in [1.807, 2.05) is 0 Å². The summed E-state index contributed by atoms with van der Waals surface area (Å²) in [6.07, 6.45) is -10.8. The third-order valence-electron chi connectivity index (χ3n) is 3.40. The van der Waals surface area contributed by atoms with E-state index in [0.29, 0.717) is 12.1 Å². The summed E-state index contributed by atoms with van der Waals surface area (Å²) < 4.78 is 82.7. The molecule has 0 spiro atoms. The van der Waals surface area contributed by atoms with Crippen LogP contribution in [0, 0.1) is 0 Å². The molecule has 1 unspecified atom stereocenters. The minimum atomic E-state index is -5.10. The highest BCUT2D eigenvalue weighted by Gasteiger charge is 2.39. The van der Waals surface area contributed by atoms with Gasteiger partial charge in [0.1, 0.15) is 12.7 Å². The molecule has 0 saturated carbocycles. The summed E-state index contributed by atoms with van der Waals surface area (Å²) in [6, 6.07) is 0.970. The van der Waals surface area contributed by atoms with Gasteiger partial charge in [-0.2, -0.15) is 31.3 Å². The molecule has 0 aliphatic heterocycles. The van der Waals surface area contributed by atoms with Crippen LogP contribution in [0.4, 0.5) is 32.2 Å². The van der Waals surface area contributed by atoms with Crippen LogP contribution in [0.5, 0.6) is 5.75 Å². The molecule has 2 rings (SSSR count). The molecule has 1 aromatic carbocycles. The quantitative estimate of drug-likeness (QED) is 0.562. The van der Waals surface area contributed by atoms with Crippen molar-refractivity contribution in [3.8, 4) is 5.75 Å². The standard InChI is InChI=1S/C15H12ClF6N3O2/c1-23-12-11(5-24-13(16)25-12)27-6-10(26)8-3-2-7(14(17,18)19)4-9(8)15(20,21)22/h2-5,10,26H,6H2,1H3,(H,23,24,25). The number of ether oxygens (including phenoxy) is 1. The molecule has 1 atom stereocenters. The van der Waals surface area contributed by atoms with Crippen LogP contribution >= 0.6 is 11.6 Å². The molecule has 2 N–H and O–H groups in total. The van der Waals surface area contributed by atoms with Gasteiger partial charge in [0.15, 0.2) is 11.6 Å². The highest BCUT2D eigenvalue weighted by Crippen LogP contribution is 2.39. The average Bonchev–Trinajstić information content (AvgIpc) is 2.58. The molecular weight excluding hydrogens is 404 g/mol. The fourth-order valence-corrected chi connectivity index (χ4v) is 2.29. The molecule has 0 fully saturated rings. The molecule has 1 heterocycles. The van der Waals surface area contributed by atoms with Crippen LogP contribution in [0.1, 0.15) is 22.8 Å². The summed E-state index contributed by atoms with van der Waals surface area (Å²) in [6.45, 7) is -0.686. The van der Waals surface area contributed by atoms with E-state index in [0.717, 1.165) is 6.20 Å². The van der Waals surface area contributed by atoms with Crippen molar-refractivity contribution in [3.63, 3.8) is 0 Å². The molecule has 0 amide bonds. The Hall–Kier alpha value is -2.27. The second kappa shape index (κ2) is 7.77. The number of halogens is 7. The summed E-state index contributed by atoms with van der Waals surface area (Å²) in [4.78, 5) is 7.41. The van der Waals surface area contributed by atoms with Crippen molar-refractivity contribution in [1.82, 2.24) is 9.97 Å². The number of aliphatic hydroxyl groups is 1. The van der Waals surface area contributed by atoms with Crippen molar-refractivity contribution in [2.24, 2.45) is 0 Å². The molecule has 2 aromatic rings. The van der Waals surface area contributed by atoms with Crippen LogP contribution in [0.3, 0.4) is 0 Å². The van der Waals surface area contributed by atoms with E-state index in [2.05, 4.69) is 15.3 Å². The average molecular weight is 416 g/mol. The number of hydrogen-bond donors (Lipinski definition) is 2. The van der Waals surface area contributed by atoms with Crippen LogP contribution in [0.2, 0.25) is 5.28 Å². The molecule has 0 aliphatic rings. The zero-order valence-corrected chi connectivity index (χ0v) is 14.2. The van der Waals surface area contributed by atoms with Crippen LogP contribution < -0.4 is 10.1 Å². The van der Waals surface area contributed by atoms with Crippen molar-refractivity contribution >= 4 is 17.4 Å². The second-order valence-electron chi connectivity index (χ2n) is 5.23. The van der Waals surface area contributed by atoms with Crippen molar-refractivity contribution in [2.45, 2.75) is 18.5 Å². The van der Waals surface area contributed by atoms with Gasteiger partial charge in [-0.15, -0.1) is 0 Å². The molecule has 0 aliphatic carbocycles. The van der Waals surface area contributed by atoms with Gasteiger partial charge in [0.25, 0.3) is 0 Å². The Labute approximate surface area is 154 Å². The molecule has 0 radical (unpaired) electrons. The van der Waals surface area contributed by atoms with Crippen molar-refractivity contribution in [3.05, 3.63) is 46.4 Å². The van der Waals surface area contributed by atoms with Crippen molar-refractivity contribution in [1.29, 1.82) is 0 Å². The lowest BCUT2D eigenvalue weighted by Gasteiger charge is -2.20. The van der Waals surface area contributed by atoms with E-state index in [-0.39, 0.29) is 22.9 Å². The molecular formula is C15H12ClF6N3O2. The summed E-state index contributed by atoms with van der Waals surface area (Å²) >= 11 is 5.59. The maximum atomic E-state index is 13.1. The zero-order valence-electron chi connectivity index (χ0n) is 13.5. The van der Waals surface area contributed by atoms with Crippen LogP contribution in [0.15, 0.2) is 24.4 Å². The summed E-state index contributed by atoms with van der Waals surface area (Å²) in [7, 11) is 1.47. The van der Waals surface area contributed by atoms with E-state index in [9.17, 15) is 31.4 Å². The van der Waals surface area contributed by atoms with Gasteiger partial charge >= 0.3 is 12.4 Å². The number of aromatic nitrogens is 2. The van der Waals surface area contributed by atoms with E-state index >= 15 is 0 Å². The first-order valence-corrected chi connectivity index (χ1v) is 7.60. The normalized spacial score (nSPS) is 13.4. The first kappa shape index (κ1) is 21.0. The number of benzene rings is 1. The third kappa shape index (κ3) is 5.13. The lowest BCUT2D eigenvalue weighted by Crippen LogP contribution is -2.18. The SMILES string of the molecule is CNc1nc(Cl)ncc1OCC(O)c1ccc(C(F)(F)F)cc1C(F)(F)F. The molecule has 12 heteroatoms. The number of alkyl halides is 6. The van der Waals surface area contributed by atoms with Crippen LogP contribution in [-0.2, 0) is 12.4 Å². The van der Waals surface area contributed by atoms with E-state index in [4.69, 9.17) is 16.3 Å². The number of nitrogens with zero attached hydrogens (tertiary/aromatic N) is 2. The molecule has 0 saturated heterocycles. The Bertz CT molecular complexity index is 813. The molecule has 1 aromatic heterocycles. The molecule has 27 heavy (non-hydrogen) atoms. The topological polar surface area (TPSA) is 67.3 Å². The van der Waals surface area contributed by atoms with Crippen LogP contribution in [0.25, 0.3) is 0 Å². The van der Waals surface area contributed by atoms with Gasteiger partial charge in [-0.05, 0) is 29.3 Å². The number of anilines is 1. The van der Waals surface area contributed by atoms with Gasteiger partial charge in [-0.25, -0.2) is 4.98 Å². The lowest BCUT2D eigenvalue weighted by molar-refractivity contribution is -0.144. The number of aliphatic hydroxyl groups excluding tert-OH is 1. The number of rotatable bonds is 5. The third-order valence-corrected chi connectivity index (χ3v) is 3.59. The molecule has 0 bridgehead atoms. The first-order chi connectivity index (χ1) is 12.4. The Kier molecular flexibility index (Phi) is 6.05. The largest absolute Gasteiger partial charge is 0.485 e. The molecule has 148 valence electrons. The summed E-state index contributed by atoms with van der Waals surface area (Å²) in [5, 5.41) is 12.5. The lowest BCUT2D eigenvalue weighted by atomic mass is 9.99. The Morgan fingerprint density at radius 2 is 1.85 bits per heavy atom. The van der Waals surface area contributed by atoms with Gasteiger partial charge in [0, 0.05) is 7.05 Å². The number of hydrogen-bond acceptors (Lipinski definition) is 5. The highest BCUT2D eigenvalue weighted by molar-refractivity contribution is 6.28. The van der Waals surface area contributed by atoms with Gasteiger partial charge in [-0.3, -0.25) is 0 Å². The minimum Gasteiger partial charge on any atom is -0.485 e. The van der Waals surface area contributed by atoms with E-state index in [1.165, 1.54) is 7.05 Å². The second-order valence-corrected chi connectivity index (χ2v) is 5.56. The first-order valence-electron chi connectivity index (χ1n) is 7.23. The Morgan fingerprint density at radius 3 is 2.41 bits per heavy atom. The van der Waals surface area contributed by atoms with Crippen LogP contribution in [-0.4, -0.2) is 28.7 Å². The minimum absolute atomic E-state index is 0.0126. The Balaban J connectivity index is 2.29. The van der Waals surface area contributed by atoms with Gasteiger partial charge in [-0.1, -0.05) is 6.07 Å². The number of nitrogens with one attached hydrogen (secondary N) is 1. The van der Waals surface area contributed by atoms with E-state index in [1.54, 1.807) is 0 Å². The smallest absolute Gasteiger partial charge is 0.416 e. The molecule has 5 nitrogen and oxygen atoms in total. The fraction of sp³-hybridized carbons (Fsp3) is 0.333. The monoisotopic (exact) mass is 415 g/mol. The van der Waals surface area contributed by atoms with Gasteiger partial charge in [0.05, 0.1) is 17.3 Å². The maximum absolute atomic E-state index is 13.1. The predicted octanol–water partition coefficient (Wildman–Crippen LogP) is 4.32. The van der Waals surface area contributed by atoms with Gasteiger partial charge < -0.3 is 15.2 Å². The van der Waals surface area contributed by atoms with Crippen molar-refractivity contribution < 1.29 is 36.2 Å². The van der Waals surface area contributed by atoms with E-state index < -0.39 is 41.8 Å². The zero-order chi connectivity index (χ0) is 20.4. The Morgan fingerprint density at radius 1 is 1.19 bits per heavy atom. The maximum Gasteiger partial charge on any atom is 0.416 e. The van der Waals surface area contributed by atoms with Gasteiger partial charge in [0.2, 0.25) is 5.28 Å². The highest BCUT2D eigenvalue weighted by atomic mass is 35.5. The fourth-order valence-electron chi connectivity index (χ4n) is 2.16. The summed E-state index contributed by atoms with van der Waals surface area (Å²) in [5.74, 6) is 0.104. The van der Waals surface area contributed by atoms with Crippen molar-refractivity contribution in [2.75, 3.05) is 19.0 Å². The summed E-state index contributed by atoms with van der Waals surface area (Å²) in [5.41, 5.74) is -3.83. The predicted molar refractivity (Wildman–Crippen MR) is 83.5 cm³/mol.